The van der Waals surface area contributed by atoms with Crippen molar-refractivity contribution in [3.05, 3.63) is 44.8 Å². The molecule has 1 aromatic heterocycles. The summed E-state index contributed by atoms with van der Waals surface area (Å²) in [6.45, 7) is 5.68. The Bertz CT molecular complexity index is 1040. The van der Waals surface area contributed by atoms with E-state index in [9.17, 15) is 19.2 Å². The van der Waals surface area contributed by atoms with Crippen LogP contribution in [-0.2, 0) is 28.5 Å². The third-order valence-electron chi connectivity index (χ3n) is 6.51. The van der Waals surface area contributed by atoms with Crippen LogP contribution in [0.25, 0.3) is 0 Å². The number of hydrogen-bond donors (Lipinski definition) is 1. The molecule has 11 nitrogen and oxygen atoms in total. The minimum absolute atomic E-state index is 0.108. The zero-order chi connectivity index (χ0) is 24.2. The molecule has 1 N–H and O–H groups in total. The second-order valence-corrected chi connectivity index (χ2v) is 8.85. The largest absolute Gasteiger partial charge is 0.463 e. The summed E-state index contributed by atoms with van der Waals surface area (Å²) < 4.78 is 23.0. The molecule has 0 aromatic carbocycles. The molecule has 0 amide bonds. The summed E-state index contributed by atoms with van der Waals surface area (Å²) >= 11 is 0. The molecule has 3 aliphatic rings. The first-order chi connectivity index (χ1) is 16.3. The number of rotatable bonds is 6. The van der Waals surface area contributed by atoms with Gasteiger partial charge in [-0.05, 0) is 12.8 Å². The maximum atomic E-state index is 12.6. The molecule has 186 valence electrons. The second-order valence-electron chi connectivity index (χ2n) is 8.85. The molecule has 2 aliphatic heterocycles. The Labute approximate surface area is 196 Å². The van der Waals surface area contributed by atoms with Crippen LogP contribution in [0.4, 0.5) is 0 Å². The Morgan fingerprint density at radius 3 is 2.53 bits per heavy atom. The smallest absolute Gasteiger partial charge is 0.330 e. The van der Waals surface area contributed by atoms with Crippen molar-refractivity contribution in [2.75, 3.05) is 32.9 Å². The van der Waals surface area contributed by atoms with Gasteiger partial charge in [-0.3, -0.25) is 28.8 Å². The van der Waals surface area contributed by atoms with E-state index in [1.807, 2.05) is 6.08 Å². The lowest BCUT2D eigenvalue weighted by molar-refractivity contribution is -0.155. The lowest BCUT2D eigenvalue weighted by Crippen LogP contribution is -2.43. The number of carbonyl (C=O) groups is 2. The molecule has 34 heavy (non-hydrogen) atoms. The molecule has 3 heterocycles. The molecular formula is C23H31N3O8. The van der Waals surface area contributed by atoms with Gasteiger partial charge in [0.05, 0.1) is 13.2 Å². The van der Waals surface area contributed by atoms with Gasteiger partial charge in [-0.15, -0.1) is 0 Å². The highest BCUT2D eigenvalue weighted by atomic mass is 16.6. The standard InChI is InChI=1S/C23H31N3O8/c1-14(27)32-13-20-19(33-15(2)28)11-21(34-20)26-12-18(22(29)24-23(26)30)16-3-5-17(6-4-16)25-7-9-31-10-8-25/h3,5,12,16-17,19-21H,4,6-11,13H2,1-2H3,(H,24,29,30)/t16-,17-,19-,20+,21+/m0/s1. The summed E-state index contributed by atoms with van der Waals surface area (Å²) in [4.78, 5) is 52.8. The molecule has 0 saturated carbocycles. The highest BCUT2D eigenvalue weighted by molar-refractivity contribution is 5.66. The van der Waals surface area contributed by atoms with Gasteiger partial charge in [0.25, 0.3) is 5.56 Å². The molecular weight excluding hydrogens is 446 g/mol. The number of esters is 2. The lowest BCUT2D eigenvalue weighted by Gasteiger charge is -2.35. The van der Waals surface area contributed by atoms with Crippen LogP contribution in [0.1, 0.15) is 50.8 Å². The summed E-state index contributed by atoms with van der Waals surface area (Å²) in [7, 11) is 0. The van der Waals surface area contributed by atoms with Crippen LogP contribution in [-0.4, -0.2) is 77.5 Å². The van der Waals surface area contributed by atoms with E-state index in [0.29, 0.717) is 11.6 Å². The summed E-state index contributed by atoms with van der Waals surface area (Å²) in [5.41, 5.74) is -0.557. The first-order valence-electron chi connectivity index (χ1n) is 11.6. The van der Waals surface area contributed by atoms with E-state index in [2.05, 4.69) is 16.0 Å². The number of hydrogen-bond acceptors (Lipinski definition) is 9. The van der Waals surface area contributed by atoms with E-state index in [0.717, 1.165) is 39.1 Å². The highest BCUT2D eigenvalue weighted by Crippen LogP contribution is 2.32. The predicted octanol–water partition coefficient (Wildman–Crippen LogP) is 0.453. The fourth-order valence-corrected chi connectivity index (χ4v) is 4.81. The van der Waals surface area contributed by atoms with Crippen molar-refractivity contribution in [2.45, 2.75) is 63.5 Å². The van der Waals surface area contributed by atoms with E-state index in [1.165, 1.54) is 24.6 Å². The molecule has 4 rings (SSSR count). The number of carbonyl (C=O) groups excluding carboxylic acids is 2. The number of aromatic nitrogens is 2. The van der Waals surface area contributed by atoms with Gasteiger partial charge >= 0.3 is 17.6 Å². The first kappa shape index (κ1) is 24.4. The number of nitrogens with zero attached hydrogens (tertiary/aromatic N) is 2. The minimum atomic E-state index is -0.776. The minimum Gasteiger partial charge on any atom is -0.463 e. The molecule has 0 spiro atoms. The molecule has 1 aliphatic carbocycles. The van der Waals surface area contributed by atoms with Gasteiger partial charge in [-0.1, -0.05) is 12.2 Å². The van der Waals surface area contributed by atoms with Crippen molar-refractivity contribution in [1.29, 1.82) is 0 Å². The Kier molecular flexibility index (Phi) is 7.64. The van der Waals surface area contributed by atoms with Crippen LogP contribution in [0.3, 0.4) is 0 Å². The van der Waals surface area contributed by atoms with Crippen molar-refractivity contribution in [3.8, 4) is 0 Å². The Morgan fingerprint density at radius 1 is 1.12 bits per heavy atom. The summed E-state index contributed by atoms with van der Waals surface area (Å²) in [6, 6.07) is 0.315. The molecule has 0 bridgehead atoms. The zero-order valence-corrected chi connectivity index (χ0v) is 19.4. The third-order valence-corrected chi connectivity index (χ3v) is 6.51. The van der Waals surface area contributed by atoms with Crippen molar-refractivity contribution in [2.24, 2.45) is 0 Å². The van der Waals surface area contributed by atoms with E-state index in [-0.39, 0.29) is 18.9 Å². The van der Waals surface area contributed by atoms with Crippen LogP contribution in [0.15, 0.2) is 27.9 Å². The fourth-order valence-electron chi connectivity index (χ4n) is 4.81. The van der Waals surface area contributed by atoms with E-state index in [1.54, 1.807) is 0 Å². The highest BCUT2D eigenvalue weighted by Gasteiger charge is 2.40. The van der Waals surface area contributed by atoms with Crippen LogP contribution in [0, 0.1) is 0 Å². The maximum Gasteiger partial charge on any atom is 0.330 e. The Morgan fingerprint density at radius 2 is 1.88 bits per heavy atom. The summed E-state index contributed by atoms with van der Waals surface area (Å²) in [5, 5.41) is 0. The number of morpholine rings is 1. The molecule has 11 heteroatoms. The number of H-pyrrole nitrogens is 1. The molecule has 0 radical (unpaired) electrons. The van der Waals surface area contributed by atoms with Crippen molar-refractivity contribution >= 4 is 11.9 Å². The van der Waals surface area contributed by atoms with Crippen molar-refractivity contribution < 1.29 is 28.5 Å². The summed E-state index contributed by atoms with van der Waals surface area (Å²) in [6.07, 6.45) is 5.38. The number of ether oxygens (including phenoxy) is 4. The summed E-state index contributed by atoms with van der Waals surface area (Å²) in [5.74, 6) is -1.12. The van der Waals surface area contributed by atoms with E-state index >= 15 is 0 Å². The maximum absolute atomic E-state index is 12.6. The second kappa shape index (κ2) is 10.7. The van der Waals surface area contributed by atoms with Crippen LogP contribution < -0.4 is 11.2 Å². The van der Waals surface area contributed by atoms with E-state index < -0.39 is 41.6 Å². The van der Waals surface area contributed by atoms with Crippen LogP contribution in [0.5, 0.6) is 0 Å². The molecule has 5 atom stereocenters. The molecule has 2 saturated heterocycles. The van der Waals surface area contributed by atoms with Crippen molar-refractivity contribution in [1.82, 2.24) is 14.5 Å². The van der Waals surface area contributed by atoms with Crippen LogP contribution in [0.2, 0.25) is 0 Å². The monoisotopic (exact) mass is 477 g/mol. The average molecular weight is 478 g/mol. The number of allylic oxidation sites excluding steroid dienone is 1. The quantitative estimate of drug-likeness (QED) is 0.459. The first-order valence-corrected chi connectivity index (χ1v) is 11.6. The molecule has 0 unspecified atom stereocenters. The van der Waals surface area contributed by atoms with Gasteiger partial charge in [-0.25, -0.2) is 4.79 Å². The van der Waals surface area contributed by atoms with Gasteiger partial charge in [0, 0.05) is 57.1 Å². The predicted molar refractivity (Wildman–Crippen MR) is 119 cm³/mol. The van der Waals surface area contributed by atoms with Gasteiger partial charge in [-0.2, -0.15) is 0 Å². The average Bonchev–Trinajstić information content (AvgIpc) is 3.20. The fraction of sp³-hybridized carbons (Fsp3) is 0.652. The van der Waals surface area contributed by atoms with Crippen LogP contribution >= 0.6 is 0 Å². The molecule has 2 fully saturated rings. The van der Waals surface area contributed by atoms with Gasteiger partial charge in [0.2, 0.25) is 0 Å². The topological polar surface area (TPSA) is 129 Å². The SMILES string of the molecule is CC(=O)OC[C@H]1O[C@@H](n2cc([C@H]3C=C[C@H](N4CCOCC4)CC3)c(=O)[nH]c2=O)C[C@@H]1OC(C)=O. The van der Waals surface area contributed by atoms with Gasteiger partial charge < -0.3 is 18.9 Å². The Balaban J connectivity index is 1.52. The zero-order valence-electron chi connectivity index (χ0n) is 19.4. The van der Waals surface area contributed by atoms with Gasteiger partial charge in [0.15, 0.2) is 0 Å². The normalized spacial score (nSPS) is 29.6. The molecule has 1 aromatic rings. The van der Waals surface area contributed by atoms with Gasteiger partial charge in [0.1, 0.15) is 25.0 Å². The van der Waals surface area contributed by atoms with E-state index in [4.69, 9.17) is 18.9 Å². The lowest BCUT2D eigenvalue weighted by atomic mass is 9.88. The number of nitrogens with one attached hydrogen (secondary N) is 1. The third kappa shape index (κ3) is 5.65. The van der Waals surface area contributed by atoms with Crippen molar-refractivity contribution in [3.63, 3.8) is 0 Å². The Hall–Kier alpha value is -2.76. The number of aromatic amines is 1.